The highest BCUT2D eigenvalue weighted by Gasteiger charge is 2.37. The Morgan fingerprint density at radius 1 is 1.11 bits per heavy atom. The molecule has 0 aromatic heterocycles. The molecule has 8 nitrogen and oxygen atoms in total. The van der Waals surface area contributed by atoms with Gasteiger partial charge in [0.25, 0.3) is 0 Å². The lowest BCUT2D eigenvalue weighted by Gasteiger charge is -2.15. The molecule has 27 heavy (non-hydrogen) atoms. The first-order valence-electron chi connectivity index (χ1n) is 9.87. The fourth-order valence-electron chi connectivity index (χ4n) is 2.79. The molecule has 1 unspecified atom stereocenters. The normalized spacial score (nSPS) is 16.8. The van der Waals surface area contributed by atoms with Gasteiger partial charge in [-0.2, -0.15) is 0 Å². The number of imide groups is 1. The summed E-state index contributed by atoms with van der Waals surface area (Å²) in [4.78, 5) is 48.1. The van der Waals surface area contributed by atoms with Crippen LogP contribution in [0.4, 0.5) is 0 Å². The highest BCUT2D eigenvalue weighted by molar-refractivity contribution is 6.05. The summed E-state index contributed by atoms with van der Waals surface area (Å²) < 4.78 is 5.22. The standard InChI is InChI=1S/C19H33N3O5/c1-3-4-5-6-9-20-16-14-18(25)22(19(16)26)11-7-17(24)21-10-13-27-12-8-15(2)23/h16,20H,3-14H2,1-2H3,(H,21,24). The fourth-order valence-corrected chi connectivity index (χ4v) is 2.79. The Labute approximate surface area is 161 Å². The summed E-state index contributed by atoms with van der Waals surface area (Å²) in [5.74, 6) is -0.642. The maximum atomic E-state index is 12.3. The quantitative estimate of drug-likeness (QED) is 0.320. The average molecular weight is 383 g/mol. The maximum Gasteiger partial charge on any atom is 0.246 e. The Bertz CT molecular complexity index is 510. The number of nitrogens with one attached hydrogen (secondary N) is 2. The van der Waals surface area contributed by atoms with E-state index in [-0.39, 0.29) is 42.9 Å². The molecule has 1 fully saturated rings. The number of hydrogen-bond donors (Lipinski definition) is 2. The van der Waals surface area contributed by atoms with E-state index in [1.165, 1.54) is 18.2 Å². The second kappa shape index (κ2) is 13.4. The molecular weight excluding hydrogens is 350 g/mol. The number of amides is 3. The van der Waals surface area contributed by atoms with Gasteiger partial charge in [-0.15, -0.1) is 0 Å². The van der Waals surface area contributed by atoms with E-state index in [1.54, 1.807) is 0 Å². The number of likely N-dealkylation sites (tertiary alicyclic amines) is 1. The van der Waals surface area contributed by atoms with Crippen LogP contribution in [0.2, 0.25) is 0 Å². The van der Waals surface area contributed by atoms with E-state index in [0.717, 1.165) is 25.8 Å². The number of hydrogen-bond acceptors (Lipinski definition) is 6. The van der Waals surface area contributed by atoms with E-state index < -0.39 is 6.04 Å². The van der Waals surface area contributed by atoms with Crippen molar-refractivity contribution in [1.82, 2.24) is 15.5 Å². The van der Waals surface area contributed by atoms with Crippen molar-refractivity contribution >= 4 is 23.5 Å². The van der Waals surface area contributed by atoms with E-state index in [9.17, 15) is 19.2 Å². The molecule has 0 radical (unpaired) electrons. The summed E-state index contributed by atoms with van der Waals surface area (Å²) in [7, 11) is 0. The minimum Gasteiger partial charge on any atom is -0.379 e. The highest BCUT2D eigenvalue weighted by atomic mass is 16.5. The molecule has 154 valence electrons. The van der Waals surface area contributed by atoms with Gasteiger partial charge in [-0.05, 0) is 19.9 Å². The smallest absolute Gasteiger partial charge is 0.246 e. The number of unbranched alkanes of at least 4 members (excludes halogenated alkanes) is 3. The van der Waals surface area contributed by atoms with Gasteiger partial charge < -0.3 is 15.4 Å². The Morgan fingerprint density at radius 2 is 1.89 bits per heavy atom. The minimum atomic E-state index is -0.461. The Morgan fingerprint density at radius 3 is 2.59 bits per heavy atom. The lowest BCUT2D eigenvalue weighted by Crippen LogP contribution is -2.40. The SMILES string of the molecule is CCCCCCNC1CC(=O)N(CCC(=O)NCCOCCC(C)=O)C1=O. The zero-order valence-corrected chi connectivity index (χ0v) is 16.6. The average Bonchev–Trinajstić information content (AvgIpc) is 2.89. The third-order valence-electron chi connectivity index (χ3n) is 4.39. The molecule has 0 saturated carbocycles. The summed E-state index contributed by atoms with van der Waals surface area (Å²) in [6, 6.07) is -0.461. The number of Topliss-reactive ketones (excluding diaryl/α,β-unsaturated/α-hetero) is 1. The van der Waals surface area contributed by atoms with Crippen LogP contribution in [0.1, 0.15) is 58.8 Å². The van der Waals surface area contributed by atoms with Gasteiger partial charge in [0.15, 0.2) is 0 Å². The van der Waals surface area contributed by atoms with Crippen LogP contribution >= 0.6 is 0 Å². The van der Waals surface area contributed by atoms with Crippen LogP contribution in [-0.2, 0) is 23.9 Å². The molecular formula is C19H33N3O5. The van der Waals surface area contributed by atoms with Crippen LogP contribution < -0.4 is 10.6 Å². The summed E-state index contributed by atoms with van der Waals surface area (Å²) in [6.45, 7) is 5.46. The molecule has 0 bridgehead atoms. The molecule has 0 aliphatic carbocycles. The lowest BCUT2D eigenvalue weighted by atomic mass is 10.2. The zero-order valence-electron chi connectivity index (χ0n) is 16.6. The molecule has 2 N–H and O–H groups in total. The first kappa shape index (κ1) is 23.2. The summed E-state index contributed by atoms with van der Waals surface area (Å²) in [5, 5.41) is 5.82. The Balaban J connectivity index is 2.17. The largest absolute Gasteiger partial charge is 0.379 e. The molecule has 0 aromatic rings. The van der Waals surface area contributed by atoms with Gasteiger partial charge in [0.2, 0.25) is 17.7 Å². The van der Waals surface area contributed by atoms with Crippen LogP contribution in [0.5, 0.6) is 0 Å². The summed E-state index contributed by atoms with van der Waals surface area (Å²) >= 11 is 0. The van der Waals surface area contributed by atoms with Crippen molar-refractivity contribution < 1.29 is 23.9 Å². The summed E-state index contributed by atoms with van der Waals surface area (Å²) in [6.07, 6.45) is 5.03. The van der Waals surface area contributed by atoms with E-state index in [2.05, 4.69) is 17.6 Å². The first-order chi connectivity index (χ1) is 13.0. The Hall–Kier alpha value is -1.80. The van der Waals surface area contributed by atoms with Crippen LogP contribution in [0.25, 0.3) is 0 Å². The van der Waals surface area contributed by atoms with Crippen LogP contribution in [0, 0.1) is 0 Å². The van der Waals surface area contributed by atoms with E-state index >= 15 is 0 Å². The van der Waals surface area contributed by atoms with E-state index in [4.69, 9.17) is 4.74 Å². The summed E-state index contributed by atoms with van der Waals surface area (Å²) in [5.41, 5.74) is 0. The Kier molecular flexibility index (Phi) is 11.5. The second-order valence-electron chi connectivity index (χ2n) is 6.82. The number of rotatable bonds is 15. The van der Waals surface area contributed by atoms with Crippen molar-refractivity contribution in [3.05, 3.63) is 0 Å². The maximum absolute atomic E-state index is 12.3. The van der Waals surface area contributed by atoms with Gasteiger partial charge in [-0.1, -0.05) is 26.2 Å². The lowest BCUT2D eigenvalue weighted by molar-refractivity contribution is -0.139. The van der Waals surface area contributed by atoms with Crippen molar-refractivity contribution in [2.75, 3.05) is 32.8 Å². The molecule has 8 heteroatoms. The third-order valence-corrected chi connectivity index (χ3v) is 4.39. The molecule has 3 amide bonds. The predicted octanol–water partition coefficient (Wildman–Crippen LogP) is 0.786. The molecule has 1 rings (SSSR count). The van der Waals surface area contributed by atoms with Crippen molar-refractivity contribution in [2.24, 2.45) is 0 Å². The molecule has 1 saturated heterocycles. The number of ketones is 1. The van der Waals surface area contributed by atoms with Gasteiger partial charge in [0.1, 0.15) is 5.78 Å². The van der Waals surface area contributed by atoms with Crippen LogP contribution in [0.15, 0.2) is 0 Å². The van der Waals surface area contributed by atoms with Crippen LogP contribution in [-0.4, -0.2) is 67.3 Å². The number of carbonyl (C=O) groups is 4. The fraction of sp³-hybridized carbons (Fsp3) is 0.789. The monoisotopic (exact) mass is 383 g/mol. The topological polar surface area (TPSA) is 105 Å². The predicted molar refractivity (Wildman–Crippen MR) is 101 cm³/mol. The minimum absolute atomic E-state index is 0.0627. The van der Waals surface area contributed by atoms with Gasteiger partial charge in [-0.25, -0.2) is 0 Å². The van der Waals surface area contributed by atoms with Crippen molar-refractivity contribution in [3.8, 4) is 0 Å². The third kappa shape index (κ3) is 9.63. The molecule has 1 atom stereocenters. The second-order valence-corrected chi connectivity index (χ2v) is 6.82. The first-order valence-corrected chi connectivity index (χ1v) is 9.87. The molecule has 1 aliphatic heterocycles. The molecule has 0 aromatic carbocycles. The van der Waals surface area contributed by atoms with E-state index in [1.807, 2.05) is 0 Å². The number of ether oxygens (including phenoxy) is 1. The van der Waals surface area contributed by atoms with Gasteiger partial charge in [0, 0.05) is 25.9 Å². The van der Waals surface area contributed by atoms with Crippen molar-refractivity contribution in [1.29, 1.82) is 0 Å². The molecule has 1 aliphatic rings. The van der Waals surface area contributed by atoms with Gasteiger partial charge >= 0.3 is 0 Å². The number of carbonyl (C=O) groups excluding carboxylic acids is 4. The highest BCUT2D eigenvalue weighted by Crippen LogP contribution is 2.13. The van der Waals surface area contributed by atoms with Gasteiger partial charge in [0.05, 0.1) is 25.7 Å². The zero-order chi connectivity index (χ0) is 20.1. The van der Waals surface area contributed by atoms with E-state index in [0.29, 0.717) is 26.2 Å². The van der Waals surface area contributed by atoms with Crippen LogP contribution in [0.3, 0.4) is 0 Å². The van der Waals surface area contributed by atoms with Crippen molar-refractivity contribution in [3.63, 3.8) is 0 Å². The van der Waals surface area contributed by atoms with Gasteiger partial charge in [-0.3, -0.25) is 24.1 Å². The van der Waals surface area contributed by atoms with Crippen molar-refractivity contribution in [2.45, 2.75) is 64.8 Å². The molecule has 0 spiro atoms. The molecule has 1 heterocycles. The number of nitrogens with zero attached hydrogens (tertiary/aromatic N) is 1.